The van der Waals surface area contributed by atoms with Crippen LogP contribution >= 0.6 is 0 Å². The maximum atomic E-state index is 12.1. The predicted molar refractivity (Wildman–Crippen MR) is 104 cm³/mol. The lowest BCUT2D eigenvalue weighted by Crippen LogP contribution is -2.17. The maximum absolute atomic E-state index is 12.1. The Balaban J connectivity index is 1.84. The number of carbonyl (C=O) groups is 1. The van der Waals surface area contributed by atoms with E-state index in [4.69, 9.17) is 4.74 Å². The van der Waals surface area contributed by atoms with Crippen LogP contribution in [0.3, 0.4) is 0 Å². The van der Waals surface area contributed by atoms with Crippen molar-refractivity contribution < 1.29 is 9.53 Å². The molecule has 26 heavy (non-hydrogen) atoms. The molecule has 0 radical (unpaired) electrons. The molecule has 1 heterocycles. The molecule has 0 saturated heterocycles. The smallest absolute Gasteiger partial charge is 0.271 e. The van der Waals surface area contributed by atoms with Gasteiger partial charge >= 0.3 is 0 Å². The van der Waals surface area contributed by atoms with Crippen LogP contribution in [0.1, 0.15) is 35.7 Å². The van der Waals surface area contributed by atoms with E-state index in [1.54, 1.807) is 30.7 Å². The quantitative estimate of drug-likeness (QED) is 0.396. The number of rotatable bonds is 7. The molecule has 0 atom stereocenters. The molecular formula is C21H21N3O2. The summed E-state index contributed by atoms with van der Waals surface area (Å²) in [5, 5.41) is 6.26. The minimum absolute atomic E-state index is 0.280. The van der Waals surface area contributed by atoms with Crippen molar-refractivity contribution in [2.75, 3.05) is 6.61 Å². The number of amides is 1. The third-order valence-corrected chi connectivity index (χ3v) is 3.99. The molecule has 0 aliphatic rings. The van der Waals surface area contributed by atoms with Crippen LogP contribution in [0.5, 0.6) is 5.75 Å². The van der Waals surface area contributed by atoms with E-state index in [2.05, 4.69) is 22.4 Å². The van der Waals surface area contributed by atoms with Crippen LogP contribution in [-0.2, 0) is 0 Å². The molecule has 0 fully saturated rings. The normalized spacial score (nSPS) is 11.0. The zero-order valence-electron chi connectivity index (χ0n) is 14.7. The van der Waals surface area contributed by atoms with Gasteiger partial charge in [0.2, 0.25) is 0 Å². The summed E-state index contributed by atoms with van der Waals surface area (Å²) in [7, 11) is 0. The Morgan fingerprint density at radius 2 is 1.96 bits per heavy atom. The number of hydrazone groups is 1. The lowest BCUT2D eigenvalue weighted by molar-refractivity contribution is 0.0955. The SMILES string of the molecule is CCCCOc1ccc2ccccc2c1/C=N/NC(=O)c1ccncc1. The number of nitrogens with zero attached hydrogens (tertiary/aromatic N) is 2. The molecular weight excluding hydrogens is 326 g/mol. The van der Waals surface area contributed by atoms with Crippen LogP contribution in [0.4, 0.5) is 0 Å². The van der Waals surface area contributed by atoms with E-state index in [0.29, 0.717) is 12.2 Å². The first-order valence-electron chi connectivity index (χ1n) is 8.67. The molecule has 1 amide bonds. The molecule has 3 rings (SSSR count). The Morgan fingerprint density at radius 3 is 2.77 bits per heavy atom. The molecule has 1 aromatic heterocycles. The summed E-state index contributed by atoms with van der Waals surface area (Å²) in [4.78, 5) is 16.0. The lowest BCUT2D eigenvalue weighted by Gasteiger charge is -2.11. The summed E-state index contributed by atoms with van der Waals surface area (Å²) in [5.41, 5.74) is 3.92. The molecule has 0 spiro atoms. The molecule has 3 aromatic rings. The van der Waals surface area contributed by atoms with E-state index >= 15 is 0 Å². The fourth-order valence-electron chi connectivity index (χ4n) is 2.58. The fraction of sp³-hybridized carbons (Fsp3) is 0.190. The highest BCUT2D eigenvalue weighted by Gasteiger charge is 2.08. The largest absolute Gasteiger partial charge is 0.493 e. The second-order valence-corrected chi connectivity index (χ2v) is 5.84. The number of carbonyl (C=O) groups excluding carboxylic acids is 1. The van der Waals surface area contributed by atoms with E-state index < -0.39 is 0 Å². The first kappa shape index (κ1) is 17.6. The second-order valence-electron chi connectivity index (χ2n) is 5.84. The van der Waals surface area contributed by atoms with Crippen LogP contribution < -0.4 is 10.2 Å². The van der Waals surface area contributed by atoms with Gasteiger partial charge in [-0.05, 0) is 35.4 Å². The number of fused-ring (bicyclic) bond motifs is 1. The summed E-state index contributed by atoms with van der Waals surface area (Å²) in [5.74, 6) is 0.483. The van der Waals surface area contributed by atoms with Gasteiger partial charge in [0.25, 0.3) is 5.91 Å². The molecule has 0 aliphatic carbocycles. The molecule has 0 unspecified atom stereocenters. The third-order valence-electron chi connectivity index (χ3n) is 3.99. The maximum Gasteiger partial charge on any atom is 0.271 e. The molecule has 1 N–H and O–H groups in total. The molecule has 2 aromatic carbocycles. The van der Waals surface area contributed by atoms with Gasteiger partial charge < -0.3 is 4.74 Å². The number of unbranched alkanes of at least 4 members (excludes halogenated alkanes) is 1. The number of pyridine rings is 1. The van der Waals surface area contributed by atoms with Crippen LogP contribution in [0, 0.1) is 0 Å². The van der Waals surface area contributed by atoms with Gasteiger partial charge in [-0.1, -0.05) is 43.7 Å². The number of hydrogen-bond donors (Lipinski definition) is 1. The molecule has 0 aliphatic heterocycles. The van der Waals surface area contributed by atoms with Gasteiger partial charge in [0.15, 0.2) is 0 Å². The number of nitrogens with one attached hydrogen (secondary N) is 1. The van der Waals surface area contributed by atoms with Crippen molar-refractivity contribution in [2.24, 2.45) is 5.10 Å². The van der Waals surface area contributed by atoms with E-state index in [1.807, 2.05) is 36.4 Å². The van der Waals surface area contributed by atoms with E-state index in [-0.39, 0.29) is 5.91 Å². The number of ether oxygens (including phenoxy) is 1. The minimum Gasteiger partial charge on any atom is -0.493 e. The Morgan fingerprint density at radius 1 is 1.15 bits per heavy atom. The monoisotopic (exact) mass is 347 g/mol. The van der Waals surface area contributed by atoms with Crippen molar-refractivity contribution >= 4 is 22.9 Å². The number of hydrogen-bond acceptors (Lipinski definition) is 4. The van der Waals surface area contributed by atoms with Crippen molar-refractivity contribution in [3.05, 3.63) is 72.1 Å². The van der Waals surface area contributed by atoms with E-state index in [9.17, 15) is 4.79 Å². The molecule has 0 saturated carbocycles. The summed E-state index contributed by atoms with van der Waals surface area (Å²) in [6.45, 7) is 2.78. The molecule has 0 bridgehead atoms. The Bertz CT molecular complexity index is 908. The Kier molecular flexibility index (Phi) is 5.93. The highest BCUT2D eigenvalue weighted by Crippen LogP contribution is 2.26. The van der Waals surface area contributed by atoms with Gasteiger partial charge in [0, 0.05) is 23.5 Å². The number of benzene rings is 2. The van der Waals surface area contributed by atoms with Gasteiger partial charge in [-0.2, -0.15) is 5.10 Å². The van der Waals surface area contributed by atoms with Gasteiger partial charge in [0.1, 0.15) is 5.75 Å². The summed E-state index contributed by atoms with van der Waals surface area (Å²) < 4.78 is 5.92. The summed E-state index contributed by atoms with van der Waals surface area (Å²) >= 11 is 0. The van der Waals surface area contributed by atoms with Crippen molar-refractivity contribution in [1.82, 2.24) is 10.4 Å². The van der Waals surface area contributed by atoms with Crippen LogP contribution in [0.25, 0.3) is 10.8 Å². The topological polar surface area (TPSA) is 63.6 Å². The first-order valence-corrected chi connectivity index (χ1v) is 8.67. The average Bonchev–Trinajstić information content (AvgIpc) is 2.69. The predicted octanol–water partition coefficient (Wildman–Crippen LogP) is 4.18. The Labute approximate surface area is 152 Å². The summed E-state index contributed by atoms with van der Waals surface area (Å²) in [6.07, 6.45) is 6.84. The summed E-state index contributed by atoms with van der Waals surface area (Å²) in [6, 6.07) is 15.3. The van der Waals surface area contributed by atoms with Crippen molar-refractivity contribution in [3.63, 3.8) is 0 Å². The number of aromatic nitrogens is 1. The van der Waals surface area contributed by atoms with Gasteiger partial charge in [-0.3, -0.25) is 9.78 Å². The minimum atomic E-state index is -0.280. The van der Waals surface area contributed by atoms with E-state index in [0.717, 1.165) is 34.9 Å². The van der Waals surface area contributed by atoms with Gasteiger partial charge in [-0.15, -0.1) is 0 Å². The van der Waals surface area contributed by atoms with Gasteiger partial charge in [-0.25, -0.2) is 5.43 Å². The zero-order valence-corrected chi connectivity index (χ0v) is 14.7. The molecule has 5 heteroatoms. The van der Waals surface area contributed by atoms with Crippen molar-refractivity contribution in [2.45, 2.75) is 19.8 Å². The van der Waals surface area contributed by atoms with Crippen molar-refractivity contribution in [3.8, 4) is 5.75 Å². The van der Waals surface area contributed by atoms with Crippen molar-refractivity contribution in [1.29, 1.82) is 0 Å². The Hall–Kier alpha value is -3.21. The lowest BCUT2D eigenvalue weighted by atomic mass is 10.0. The van der Waals surface area contributed by atoms with Crippen LogP contribution in [0.2, 0.25) is 0 Å². The average molecular weight is 347 g/mol. The molecule has 5 nitrogen and oxygen atoms in total. The second kappa shape index (κ2) is 8.76. The first-order chi connectivity index (χ1) is 12.8. The zero-order chi connectivity index (χ0) is 18.2. The van der Waals surface area contributed by atoms with E-state index in [1.165, 1.54) is 0 Å². The van der Waals surface area contributed by atoms with Crippen LogP contribution in [0.15, 0.2) is 66.0 Å². The highest BCUT2D eigenvalue weighted by atomic mass is 16.5. The molecule has 132 valence electrons. The highest BCUT2D eigenvalue weighted by molar-refractivity contribution is 6.03. The van der Waals surface area contributed by atoms with Crippen LogP contribution in [-0.4, -0.2) is 23.7 Å². The fourth-order valence-corrected chi connectivity index (χ4v) is 2.58. The van der Waals surface area contributed by atoms with Gasteiger partial charge in [0.05, 0.1) is 12.8 Å². The third kappa shape index (κ3) is 4.25. The standard InChI is InChI=1S/C21H21N3O2/c1-2-3-14-26-20-9-8-16-6-4-5-7-18(16)19(20)15-23-24-21(25)17-10-12-22-13-11-17/h4-13,15H,2-3,14H2,1H3,(H,24,25)/b23-15+.